The Hall–Kier alpha value is -2.58. The van der Waals surface area contributed by atoms with E-state index < -0.39 is 0 Å². The molecule has 8 heteroatoms. The maximum atomic E-state index is 13.3. The Morgan fingerprint density at radius 2 is 1.89 bits per heavy atom. The number of aromatic nitrogens is 5. The van der Waals surface area contributed by atoms with Crippen molar-refractivity contribution in [3.05, 3.63) is 51.1 Å². The first-order chi connectivity index (χ1) is 17.0. The van der Waals surface area contributed by atoms with Gasteiger partial charge in [0.05, 0.1) is 17.1 Å². The van der Waals surface area contributed by atoms with E-state index in [-0.39, 0.29) is 17.7 Å². The number of aryl methyl sites for hydroxylation is 2. The quantitative estimate of drug-likeness (QED) is 0.501. The molecule has 2 N–H and O–H groups in total. The SMILES string of the molecule is Cc1cc(C)c2[nH]c(=O)c(CN(CCCO)C3(c4nnnn4C4CCCC4)CCCCC3)cc2c1. The normalized spacial score (nSPS) is 18.6. The number of tetrazole rings is 1. The molecule has 2 fully saturated rings. The van der Waals surface area contributed by atoms with Gasteiger partial charge in [-0.15, -0.1) is 5.10 Å². The molecule has 1 aromatic carbocycles. The number of aliphatic hydroxyl groups is 1. The molecule has 0 unspecified atom stereocenters. The summed E-state index contributed by atoms with van der Waals surface area (Å²) in [5.74, 6) is 0.950. The van der Waals surface area contributed by atoms with E-state index in [9.17, 15) is 9.90 Å². The second-order valence-corrected chi connectivity index (χ2v) is 10.6. The Bertz CT molecular complexity index is 1220. The van der Waals surface area contributed by atoms with Crippen molar-refractivity contribution in [2.45, 2.75) is 96.2 Å². The molecule has 0 bridgehead atoms. The number of H-pyrrole nitrogens is 1. The highest BCUT2D eigenvalue weighted by Gasteiger charge is 2.45. The number of aliphatic hydroxyl groups excluding tert-OH is 1. The number of nitrogens with one attached hydrogen (secondary N) is 1. The van der Waals surface area contributed by atoms with E-state index in [4.69, 9.17) is 0 Å². The number of pyridine rings is 1. The van der Waals surface area contributed by atoms with Gasteiger partial charge >= 0.3 is 0 Å². The zero-order valence-corrected chi connectivity index (χ0v) is 21.1. The van der Waals surface area contributed by atoms with E-state index in [1.165, 1.54) is 24.8 Å². The van der Waals surface area contributed by atoms with Gasteiger partial charge in [-0.2, -0.15) is 0 Å². The van der Waals surface area contributed by atoms with Crippen molar-refractivity contribution in [1.29, 1.82) is 0 Å². The van der Waals surface area contributed by atoms with Gasteiger partial charge in [0.2, 0.25) is 0 Å². The van der Waals surface area contributed by atoms with Crippen LogP contribution in [0, 0.1) is 13.8 Å². The predicted octanol–water partition coefficient (Wildman–Crippen LogP) is 4.29. The molecule has 0 spiro atoms. The van der Waals surface area contributed by atoms with Gasteiger partial charge in [-0.25, -0.2) is 4.68 Å². The lowest BCUT2D eigenvalue weighted by molar-refractivity contribution is 0.0210. The highest BCUT2D eigenvalue weighted by molar-refractivity contribution is 5.82. The van der Waals surface area contributed by atoms with E-state index in [1.807, 2.05) is 6.92 Å². The maximum Gasteiger partial charge on any atom is 0.252 e. The number of nitrogens with zero attached hydrogens (tertiary/aromatic N) is 5. The monoisotopic (exact) mass is 478 g/mol. The van der Waals surface area contributed by atoms with Gasteiger partial charge in [-0.1, -0.05) is 43.7 Å². The fourth-order valence-corrected chi connectivity index (χ4v) is 6.47. The summed E-state index contributed by atoms with van der Waals surface area (Å²) in [6, 6.07) is 6.65. The van der Waals surface area contributed by atoms with Crippen molar-refractivity contribution in [1.82, 2.24) is 30.1 Å². The van der Waals surface area contributed by atoms with Gasteiger partial charge in [0, 0.05) is 25.3 Å². The third kappa shape index (κ3) is 4.66. The second kappa shape index (κ2) is 10.2. The second-order valence-electron chi connectivity index (χ2n) is 10.6. The molecule has 3 aromatic rings. The number of benzene rings is 1. The van der Waals surface area contributed by atoms with Gasteiger partial charge in [0.1, 0.15) is 0 Å². The van der Waals surface area contributed by atoms with Gasteiger partial charge in [0.25, 0.3) is 5.56 Å². The lowest BCUT2D eigenvalue weighted by Gasteiger charge is -2.45. The molecule has 35 heavy (non-hydrogen) atoms. The minimum atomic E-state index is -0.330. The van der Waals surface area contributed by atoms with Crippen molar-refractivity contribution in [3.8, 4) is 0 Å². The number of hydrogen-bond acceptors (Lipinski definition) is 6. The fraction of sp³-hybridized carbons (Fsp3) is 0.630. The molecule has 5 rings (SSSR count). The minimum absolute atomic E-state index is 0.0419. The Kier molecular flexibility index (Phi) is 7.02. The maximum absolute atomic E-state index is 13.3. The van der Waals surface area contributed by atoms with Gasteiger partial charge in [-0.05, 0) is 79.5 Å². The molecule has 0 aliphatic heterocycles. The summed E-state index contributed by atoms with van der Waals surface area (Å²) in [4.78, 5) is 18.8. The number of rotatable bonds is 8. The molecule has 2 aliphatic carbocycles. The molecule has 0 atom stereocenters. The summed E-state index contributed by atoms with van der Waals surface area (Å²) in [6.45, 7) is 5.45. The van der Waals surface area contributed by atoms with Gasteiger partial charge in [0.15, 0.2) is 5.82 Å². The molecule has 8 nitrogen and oxygen atoms in total. The van der Waals surface area contributed by atoms with E-state index >= 15 is 0 Å². The summed E-state index contributed by atoms with van der Waals surface area (Å²) in [5, 5.41) is 24.1. The molecule has 0 radical (unpaired) electrons. The van der Waals surface area contributed by atoms with Crippen LogP contribution in [0.25, 0.3) is 10.9 Å². The van der Waals surface area contributed by atoms with E-state index in [2.05, 4.69) is 55.2 Å². The minimum Gasteiger partial charge on any atom is -0.396 e. The summed E-state index contributed by atoms with van der Waals surface area (Å²) in [5.41, 5.74) is 3.56. The lowest BCUT2D eigenvalue weighted by Crippen LogP contribution is -2.50. The topological polar surface area (TPSA) is 99.9 Å². The number of hydrogen-bond donors (Lipinski definition) is 2. The Balaban J connectivity index is 1.58. The molecule has 2 heterocycles. The number of fused-ring (bicyclic) bond motifs is 1. The van der Waals surface area contributed by atoms with Gasteiger partial charge < -0.3 is 10.1 Å². The predicted molar refractivity (Wildman–Crippen MR) is 136 cm³/mol. The Morgan fingerprint density at radius 3 is 2.63 bits per heavy atom. The summed E-state index contributed by atoms with van der Waals surface area (Å²) in [6.07, 6.45) is 10.7. The third-order valence-corrected chi connectivity index (χ3v) is 8.18. The van der Waals surface area contributed by atoms with Crippen molar-refractivity contribution in [3.63, 3.8) is 0 Å². The van der Waals surface area contributed by atoms with Crippen LogP contribution < -0.4 is 5.56 Å². The van der Waals surface area contributed by atoms with Crippen molar-refractivity contribution >= 4 is 10.9 Å². The van der Waals surface area contributed by atoms with Crippen LogP contribution >= 0.6 is 0 Å². The zero-order chi connectivity index (χ0) is 24.4. The first-order valence-electron chi connectivity index (χ1n) is 13.3. The van der Waals surface area contributed by atoms with E-state index in [1.54, 1.807) is 0 Å². The van der Waals surface area contributed by atoms with Crippen LogP contribution in [0.2, 0.25) is 0 Å². The average molecular weight is 479 g/mol. The van der Waals surface area contributed by atoms with Crippen LogP contribution in [0.4, 0.5) is 0 Å². The molecule has 0 amide bonds. The molecule has 2 aliphatic rings. The van der Waals surface area contributed by atoms with Crippen LogP contribution in [0.15, 0.2) is 23.0 Å². The first-order valence-corrected chi connectivity index (χ1v) is 13.3. The molecule has 2 aromatic heterocycles. The first kappa shape index (κ1) is 24.1. The zero-order valence-electron chi connectivity index (χ0n) is 21.1. The van der Waals surface area contributed by atoms with Crippen molar-refractivity contribution < 1.29 is 5.11 Å². The van der Waals surface area contributed by atoms with Crippen molar-refractivity contribution in [2.75, 3.05) is 13.2 Å². The van der Waals surface area contributed by atoms with Crippen molar-refractivity contribution in [2.24, 2.45) is 0 Å². The van der Waals surface area contributed by atoms with Crippen LogP contribution in [0.3, 0.4) is 0 Å². The lowest BCUT2D eigenvalue weighted by atomic mass is 9.78. The molecular formula is C27H38N6O2. The molecular weight excluding hydrogens is 440 g/mol. The summed E-state index contributed by atoms with van der Waals surface area (Å²) >= 11 is 0. The largest absolute Gasteiger partial charge is 0.396 e. The van der Waals surface area contributed by atoms with Gasteiger partial charge in [-0.3, -0.25) is 9.69 Å². The highest BCUT2D eigenvalue weighted by Crippen LogP contribution is 2.44. The molecule has 2 saturated carbocycles. The Labute approximate surface area is 206 Å². The number of aromatic amines is 1. The van der Waals surface area contributed by atoms with E-state index in [0.717, 1.165) is 66.4 Å². The smallest absolute Gasteiger partial charge is 0.252 e. The van der Waals surface area contributed by atoms with Crippen LogP contribution in [-0.4, -0.2) is 48.3 Å². The summed E-state index contributed by atoms with van der Waals surface area (Å²) < 4.78 is 2.10. The third-order valence-electron chi connectivity index (χ3n) is 8.18. The Morgan fingerprint density at radius 1 is 1.11 bits per heavy atom. The summed E-state index contributed by atoms with van der Waals surface area (Å²) in [7, 11) is 0. The molecule has 188 valence electrons. The highest BCUT2D eigenvalue weighted by atomic mass is 16.3. The van der Waals surface area contributed by atoms with Crippen LogP contribution in [0.5, 0.6) is 0 Å². The standard InChI is InChI=1S/C27H38N6O2/c1-19-15-20(2)24-21(16-19)17-22(25(35)28-24)18-32(13-8-14-34)27(11-6-3-7-12-27)26-29-30-31-33(26)23-9-4-5-10-23/h15-17,23,34H,3-14,18H2,1-2H3,(H,28,35). The fourth-order valence-electron chi connectivity index (χ4n) is 6.47. The van der Waals surface area contributed by atoms with Crippen LogP contribution in [-0.2, 0) is 12.1 Å². The average Bonchev–Trinajstić information content (AvgIpc) is 3.55. The van der Waals surface area contributed by atoms with E-state index in [0.29, 0.717) is 25.6 Å². The molecule has 0 saturated heterocycles. The van der Waals surface area contributed by atoms with Crippen LogP contribution in [0.1, 0.15) is 92.8 Å².